The molecule has 0 aliphatic heterocycles. The standard InChI is InChI=1S/C14H19FO2/c1-3-11(7-8-14(16)17-2)9-12-5-4-6-13(15)10-12/h4-6,10-11H,3,7-9H2,1-2H3. The van der Waals surface area contributed by atoms with Crippen LogP contribution in [0, 0.1) is 11.7 Å². The molecule has 2 nitrogen and oxygen atoms in total. The first-order chi connectivity index (χ1) is 8.15. The van der Waals surface area contributed by atoms with E-state index >= 15 is 0 Å². The molecule has 0 fully saturated rings. The van der Waals surface area contributed by atoms with Gasteiger partial charge in [-0.1, -0.05) is 25.5 Å². The van der Waals surface area contributed by atoms with Crippen LogP contribution in [0.25, 0.3) is 0 Å². The van der Waals surface area contributed by atoms with Crippen molar-refractivity contribution < 1.29 is 13.9 Å². The maximum atomic E-state index is 13.0. The summed E-state index contributed by atoms with van der Waals surface area (Å²) in [6.45, 7) is 2.08. The lowest BCUT2D eigenvalue weighted by atomic mass is 9.92. The molecule has 0 aliphatic carbocycles. The van der Waals surface area contributed by atoms with Crippen molar-refractivity contribution in [2.24, 2.45) is 5.92 Å². The molecule has 1 aromatic rings. The first-order valence-corrected chi connectivity index (χ1v) is 5.97. The molecule has 0 aliphatic rings. The van der Waals surface area contributed by atoms with Gasteiger partial charge in [0.05, 0.1) is 7.11 Å². The molecular formula is C14H19FO2. The summed E-state index contributed by atoms with van der Waals surface area (Å²) >= 11 is 0. The molecule has 0 N–H and O–H groups in total. The fourth-order valence-corrected chi connectivity index (χ4v) is 1.87. The van der Waals surface area contributed by atoms with Crippen molar-refractivity contribution in [3.05, 3.63) is 35.6 Å². The van der Waals surface area contributed by atoms with Crippen LogP contribution in [0.1, 0.15) is 31.7 Å². The van der Waals surface area contributed by atoms with E-state index in [0.29, 0.717) is 12.3 Å². The molecule has 0 aromatic heterocycles. The number of halogens is 1. The largest absolute Gasteiger partial charge is 0.469 e. The van der Waals surface area contributed by atoms with Crippen LogP contribution in [0.3, 0.4) is 0 Å². The van der Waals surface area contributed by atoms with E-state index in [0.717, 1.165) is 24.8 Å². The van der Waals surface area contributed by atoms with Gasteiger partial charge in [0.25, 0.3) is 0 Å². The summed E-state index contributed by atoms with van der Waals surface area (Å²) in [5.74, 6) is 0.0175. The average Bonchev–Trinajstić information content (AvgIpc) is 2.34. The van der Waals surface area contributed by atoms with Crippen LogP contribution in [0.15, 0.2) is 24.3 Å². The van der Waals surface area contributed by atoms with Crippen LogP contribution >= 0.6 is 0 Å². The van der Waals surface area contributed by atoms with Gasteiger partial charge in [0.2, 0.25) is 0 Å². The van der Waals surface area contributed by atoms with Crippen molar-refractivity contribution in [2.75, 3.05) is 7.11 Å². The Labute approximate surface area is 102 Å². The molecule has 1 rings (SSSR count). The van der Waals surface area contributed by atoms with E-state index in [4.69, 9.17) is 0 Å². The van der Waals surface area contributed by atoms with Gasteiger partial charge < -0.3 is 4.74 Å². The van der Waals surface area contributed by atoms with Gasteiger partial charge in [-0.05, 0) is 36.5 Å². The Balaban J connectivity index is 2.49. The number of carbonyl (C=O) groups is 1. The third-order valence-electron chi connectivity index (χ3n) is 2.98. The molecule has 0 bridgehead atoms. The second kappa shape index (κ2) is 7.05. The minimum absolute atomic E-state index is 0.178. The molecule has 1 unspecified atom stereocenters. The Morgan fingerprint density at radius 2 is 2.24 bits per heavy atom. The van der Waals surface area contributed by atoms with Crippen LogP contribution in [0.5, 0.6) is 0 Å². The normalized spacial score (nSPS) is 12.2. The van der Waals surface area contributed by atoms with Crippen molar-refractivity contribution in [1.82, 2.24) is 0 Å². The Morgan fingerprint density at radius 3 is 2.82 bits per heavy atom. The van der Waals surface area contributed by atoms with Gasteiger partial charge >= 0.3 is 5.97 Å². The molecule has 0 amide bonds. The first-order valence-electron chi connectivity index (χ1n) is 5.97. The van der Waals surface area contributed by atoms with E-state index in [1.807, 2.05) is 6.07 Å². The van der Waals surface area contributed by atoms with Gasteiger partial charge in [-0.25, -0.2) is 4.39 Å². The van der Waals surface area contributed by atoms with Crippen LogP contribution in [-0.2, 0) is 16.0 Å². The number of carbonyl (C=O) groups excluding carboxylic acids is 1. The smallest absolute Gasteiger partial charge is 0.305 e. The zero-order valence-corrected chi connectivity index (χ0v) is 10.4. The van der Waals surface area contributed by atoms with Gasteiger partial charge in [0.1, 0.15) is 5.82 Å². The molecule has 3 heteroatoms. The maximum absolute atomic E-state index is 13.0. The molecule has 0 heterocycles. The van der Waals surface area contributed by atoms with Crippen LogP contribution in [-0.4, -0.2) is 13.1 Å². The first kappa shape index (κ1) is 13.7. The van der Waals surface area contributed by atoms with Crippen molar-refractivity contribution >= 4 is 5.97 Å². The molecule has 1 aromatic carbocycles. The summed E-state index contributed by atoms with van der Waals surface area (Å²) in [5.41, 5.74) is 0.988. The molecule has 0 saturated carbocycles. The van der Waals surface area contributed by atoms with E-state index in [1.54, 1.807) is 12.1 Å². The number of rotatable bonds is 6. The van der Waals surface area contributed by atoms with E-state index < -0.39 is 0 Å². The number of esters is 1. The van der Waals surface area contributed by atoms with E-state index in [-0.39, 0.29) is 11.8 Å². The number of benzene rings is 1. The predicted octanol–water partition coefficient (Wildman–Crippen LogP) is 3.35. The highest BCUT2D eigenvalue weighted by atomic mass is 19.1. The third-order valence-corrected chi connectivity index (χ3v) is 2.98. The number of hydrogen-bond acceptors (Lipinski definition) is 2. The molecule has 1 atom stereocenters. The second-order valence-corrected chi connectivity index (χ2v) is 4.22. The topological polar surface area (TPSA) is 26.3 Å². The Bertz CT molecular complexity index is 363. The van der Waals surface area contributed by atoms with Crippen molar-refractivity contribution in [2.45, 2.75) is 32.6 Å². The predicted molar refractivity (Wildman–Crippen MR) is 65.1 cm³/mol. The maximum Gasteiger partial charge on any atom is 0.305 e. The summed E-state index contributed by atoms with van der Waals surface area (Å²) in [5, 5.41) is 0. The Hall–Kier alpha value is -1.38. The highest BCUT2D eigenvalue weighted by molar-refractivity contribution is 5.69. The number of hydrogen-bond donors (Lipinski definition) is 0. The monoisotopic (exact) mass is 238 g/mol. The Morgan fingerprint density at radius 1 is 1.47 bits per heavy atom. The van der Waals surface area contributed by atoms with Gasteiger partial charge in [0, 0.05) is 6.42 Å². The molecule has 0 radical (unpaired) electrons. The number of methoxy groups -OCH3 is 1. The lowest BCUT2D eigenvalue weighted by Crippen LogP contribution is -2.08. The third kappa shape index (κ3) is 4.98. The second-order valence-electron chi connectivity index (χ2n) is 4.22. The van der Waals surface area contributed by atoms with Crippen molar-refractivity contribution in [1.29, 1.82) is 0 Å². The van der Waals surface area contributed by atoms with Gasteiger partial charge in [-0.3, -0.25) is 4.79 Å². The summed E-state index contributed by atoms with van der Waals surface area (Å²) in [4.78, 5) is 11.1. The van der Waals surface area contributed by atoms with E-state index in [9.17, 15) is 9.18 Å². The molecular weight excluding hydrogens is 219 g/mol. The van der Waals surface area contributed by atoms with Crippen LogP contribution in [0.4, 0.5) is 4.39 Å². The summed E-state index contributed by atoms with van der Waals surface area (Å²) in [6, 6.07) is 6.64. The van der Waals surface area contributed by atoms with Gasteiger partial charge in [-0.2, -0.15) is 0 Å². The van der Waals surface area contributed by atoms with Gasteiger partial charge in [0.15, 0.2) is 0 Å². The average molecular weight is 238 g/mol. The molecule has 17 heavy (non-hydrogen) atoms. The van der Waals surface area contributed by atoms with E-state index in [2.05, 4.69) is 11.7 Å². The lowest BCUT2D eigenvalue weighted by Gasteiger charge is -2.14. The number of ether oxygens (including phenoxy) is 1. The van der Waals surface area contributed by atoms with E-state index in [1.165, 1.54) is 13.2 Å². The zero-order chi connectivity index (χ0) is 12.7. The highest BCUT2D eigenvalue weighted by Crippen LogP contribution is 2.18. The zero-order valence-electron chi connectivity index (χ0n) is 10.4. The fraction of sp³-hybridized carbons (Fsp3) is 0.500. The molecule has 0 saturated heterocycles. The SMILES string of the molecule is CCC(CCC(=O)OC)Cc1cccc(F)c1. The Kier molecular flexibility index (Phi) is 5.67. The van der Waals surface area contributed by atoms with Crippen molar-refractivity contribution in [3.63, 3.8) is 0 Å². The van der Waals surface area contributed by atoms with Crippen LogP contribution < -0.4 is 0 Å². The van der Waals surface area contributed by atoms with Crippen molar-refractivity contribution in [3.8, 4) is 0 Å². The van der Waals surface area contributed by atoms with Crippen LogP contribution in [0.2, 0.25) is 0 Å². The minimum Gasteiger partial charge on any atom is -0.469 e. The summed E-state index contributed by atoms with van der Waals surface area (Å²) < 4.78 is 17.6. The highest BCUT2D eigenvalue weighted by Gasteiger charge is 2.11. The summed E-state index contributed by atoms with van der Waals surface area (Å²) in [7, 11) is 1.40. The molecule has 94 valence electrons. The molecule has 0 spiro atoms. The lowest BCUT2D eigenvalue weighted by molar-refractivity contribution is -0.140. The summed E-state index contributed by atoms with van der Waals surface area (Å²) in [6.07, 6.45) is 3.02. The fourth-order valence-electron chi connectivity index (χ4n) is 1.87. The van der Waals surface area contributed by atoms with Gasteiger partial charge in [-0.15, -0.1) is 0 Å². The quantitative estimate of drug-likeness (QED) is 0.710. The minimum atomic E-state index is -0.203.